The molecule has 0 aliphatic rings. The van der Waals surface area contributed by atoms with Crippen molar-refractivity contribution in [3.05, 3.63) is 19.6 Å². The Morgan fingerprint density at radius 1 is 1.15 bits per heavy atom. The van der Waals surface area contributed by atoms with Crippen molar-refractivity contribution in [1.82, 2.24) is 0 Å². The van der Waals surface area contributed by atoms with Gasteiger partial charge in [0.2, 0.25) is 0 Å². The number of hydrogen-bond donors (Lipinski definition) is 2. The molecule has 0 fully saturated rings. The van der Waals surface area contributed by atoms with Gasteiger partial charge in [-0.1, -0.05) is 0 Å². The molecule has 0 amide bonds. The second-order valence-corrected chi connectivity index (χ2v) is 3.47. The molecule has 10 heteroatoms. The minimum atomic E-state index is -5.12. The number of rotatable bonds is 2. The van der Waals surface area contributed by atoms with E-state index in [1.54, 1.807) is 0 Å². The van der Waals surface area contributed by atoms with Crippen LogP contribution in [0, 0.1) is 6.92 Å². The molecular weight excluding hydrogens is 235 g/mol. The summed E-state index contributed by atoms with van der Waals surface area (Å²) in [5.41, 5.74) is 0. The van der Waals surface area contributed by atoms with Crippen molar-refractivity contribution in [3.63, 3.8) is 0 Å². The van der Waals surface area contributed by atoms with Gasteiger partial charge in [-0.25, -0.2) is 19.6 Å². The van der Waals surface area contributed by atoms with Gasteiger partial charge in [-0.05, 0) is 0 Å². The average Bonchev–Trinajstić information content (AvgIpc) is 1.53. The molecule has 74 valence electrons. The molecule has 0 aliphatic carbocycles. The smallest absolute Gasteiger partial charge is 0.263 e. The first-order valence-electron chi connectivity index (χ1n) is 2.18. The Kier molecular flexibility index (Phi) is 11.4. The third-order valence-electron chi connectivity index (χ3n) is 0.172. The van der Waals surface area contributed by atoms with E-state index in [9.17, 15) is 16.8 Å². The maximum absolute atomic E-state index is 9.44. The molecule has 0 aromatic heterocycles. The predicted molar refractivity (Wildman–Crippen MR) is 39.7 cm³/mol. The molecule has 0 bridgehead atoms. The van der Waals surface area contributed by atoms with Crippen LogP contribution in [0.25, 0.3) is 0 Å². The largest absolute Gasteiger partial charge is 1.00 e. The minimum Gasteiger partial charge on any atom is -0.263 e. The van der Waals surface area contributed by atoms with Crippen molar-refractivity contribution in [2.45, 2.75) is 0 Å². The van der Waals surface area contributed by atoms with Gasteiger partial charge >= 0.3 is 50.4 Å². The van der Waals surface area contributed by atoms with Crippen LogP contribution in [0.3, 0.4) is 0 Å². The third-order valence-corrected chi connectivity index (χ3v) is 1.55. The Morgan fingerprint density at radius 2 is 1.31 bits per heavy atom. The van der Waals surface area contributed by atoms with Crippen molar-refractivity contribution in [2.75, 3.05) is 0 Å². The molecule has 0 spiro atoms. The normalized spacial score (nSPS) is 10.3. The summed E-state index contributed by atoms with van der Waals surface area (Å²) in [7, 11) is -10.2. The van der Waals surface area contributed by atoms with Gasteiger partial charge in [0.25, 0.3) is 0 Å². The van der Waals surface area contributed by atoms with E-state index in [-0.39, 0.29) is 29.6 Å². The van der Waals surface area contributed by atoms with Gasteiger partial charge < -0.3 is 0 Å². The maximum Gasteiger partial charge on any atom is 1.00 e. The van der Waals surface area contributed by atoms with E-state index >= 15 is 0 Å². The van der Waals surface area contributed by atoms with Crippen LogP contribution in [-0.2, 0) is 24.4 Å². The molecule has 0 radical (unpaired) electrons. The molecule has 13 heavy (non-hydrogen) atoms. The molecule has 0 atom stereocenters. The van der Waals surface area contributed by atoms with Gasteiger partial charge in [0.15, 0.2) is 0 Å². The summed E-state index contributed by atoms with van der Waals surface area (Å²) in [4.78, 5) is 0. The molecule has 0 saturated heterocycles. The van der Waals surface area contributed by atoms with Gasteiger partial charge in [0.05, 0.1) is 0 Å². The van der Waals surface area contributed by atoms with E-state index in [1.807, 2.05) is 0 Å². The van der Waals surface area contributed by atoms with Crippen molar-refractivity contribution in [3.8, 4) is 0 Å². The van der Waals surface area contributed by atoms with Crippen LogP contribution in [0.15, 0.2) is 12.7 Å². The van der Waals surface area contributed by atoms with E-state index in [0.717, 1.165) is 0 Å². The fourth-order valence-corrected chi connectivity index (χ4v) is 0.978. The van der Waals surface area contributed by atoms with E-state index < -0.39 is 20.8 Å². The number of hydrogen-bond acceptors (Lipinski definition) is 5. The number of allylic oxidation sites excluding steroid dienone is 1. The summed E-state index contributed by atoms with van der Waals surface area (Å²) in [6.45, 7) is 6.50. The van der Waals surface area contributed by atoms with Crippen molar-refractivity contribution in [2.24, 2.45) is 0 Å². The molecule has 2 N–H and O–H groups in total. The van der Waals surface area contributed by atoms with Crippen LogP contribution in [0.1, 0.15) is 0 Å². The van der Waals surface area contributed by atoms with Crippen molar-refractivity contribution < 1.29 is 59.1 Å². The molecular formula is C3H7NaO7S2. The Labute approximate surface area is 99.0 Å². The Hall–Kier alpha value is 0.390. The molecule has 0 saturated carbocycles. The van der Waals surface area contributed by atoms with Gasteiger partial charge in [-0.15, -0.1) is 3.63 Å². The summed E-state index contributed by atoms with van der Waals surface area (Å²) in [6, 6.07) is 0. The van der Waals surface area contributed by atoms with Crippen LogP contribution in [0.4, 0.5) is 0 Å². The van der Waals surface area contributed by atoms with Gasteiger partial charge in [0.1, 0.15) is 0 Å². The van der Waals surface area contributed by atoms with Gasteiger partial charge in [-0.2, -0.15) is 16.8 Å². The predicted octanol–water partition coefficient (Wildman–Crippen LogP) is -3.38. The monoisotopic (exact) mass is 242 g/mol. The second kappa shape index (κ2) is 7.76. The molecule has 0 heterocycles. The Morgan fingerprint density at radius 3 is 1.31 bits per heavy atom. The zero-order valence-corrected chi connectivity index (χ0v) is 10.4. The summed E-state index contributed by atoms with van der Waals surface area (Å²) < 4.78 is 55.6. The van der Waals surface area contributed by atoms with E-state index in [2.05, 4.69) is 17.1 Å². The fourth-order valence-electron chi connectivity index (χ4n) is 0.109. The van der Waals surface area contributed by atoms with Gasteiger partial charge in [-0.3, -0.25) is 9.11 Å². The van der Waals surface area contributed by atoms with Crippen molar-refractivity contribution in [1.29, 1.82) is 0 Å². The third kappa shape index (κ3) is 32.8. The minimum absolute atomic E-state index is 0. The van der Waals surface area contributed by atoms with Crippen LogP contribution in [0.5, 0.6) is 0 Å². The summed E-state index contributed by atoms with van der Waals surface area (Å²) in [6.07, 6.45) is 1.50. The first kappa shape index (κ1) is 19.0. The van der Waals surface area contributed by atoms with Crippen molar-refractivity contribution >= 4 is 20.8 Å². The Bertz CT molecular complexity index is 284. The zero-order chi connectivity index (χ0) is 10.4. The quantitative estimate of drug-likeness (QED) is 0.294. The summed E-state index contributed by atoms with van der Waals surface area (Å²) >= 11 is 0. The molecule has 0 aromatic rings. The SMILES string of the molecule is C=C[CH2-].O=S(=O)(O)OS(=O)(=O)O.[Na+]. The first-order chi connectivity index (χ1) is 5.12. The van der Waals surface area contributed by atoms with Crippen LogP contribution >= 0.6 is 0 Å². The van der Waals surface area contributed by atoms with E-state index in [4.69, 9.17) is 9.11 Å². The summed E-state index contributed by atoms with van der Waals surface area (Å²) in [5, 5.41) is 0. The van der Waals surface area contributed by atoms with E-state index in [1.165, 1.54) is 6.08 Å². The van der Waals surface area contributed by atoms with Gasteiger partial charge in [0, 0.05) is 0 Å². The summed E-state index contributed by atoms with van der Waals surface area (Å²) in [5.74, 6) is 0. The molecule has 7 nitrogen and oxygen atoms in total. The fraction of sp³-hybridized carbons (Fsp3) is 0. The standard InChI is InChI=1S/C3H5.Na.H2O7S2/c1-3-2;;1-8(2,3)7-9(4,5)6/h3H,1-2H2;;(H,1,2,3)(H,4,5,6)/q-1;+1;. The molecule has 0 aromatic carbocycles. The molecule has 0 unspecified atom stereocenters. The van der Waals surface area contributed by atoms with Crippen LogP contribution < -0.4 is 29.6 Å². The topological polar surface area (TPSA) is 118 Å². The van der Waals surface area contributed by atoms with Crippen LogP contribution in [0.2, 0.25) is 0 Å². The van der Waals surface area contributed by atoms with E-state index in [0.29, 0.717) is 0 Å². The Balaban J connectivity index is -0.000000220. The second-order valence-electron chi connectivity index (χ2n) is 1.21. The molecule has 0 rings (SSSR count). The maximum atomic E-state index is 9.44. The zero-order valence-electron chi connectivity index (χ0n) is 6.74. The van der Waals surface area contributed by atoms with Crippen LogP contribution in [-0.4, -0.2) is 25.9 Å². The average molecular weight is 242 g/mol. The molecule has 0 aliphatic heterocycles. The first-order valence-corrected chi connectivity index (χ1v) is 4.91.